The van der Waals surface area contributed by atoms with Crippen LogP contribution in [-0.2, 0) is 0 Å². The number of carbonyl (C=O) groups is 1. The molecular weight excluding hydrogens is 449 g/mol. The third-order valence-corrected chi connectivity index (χ3v) is 5.27. The maximum absolute atomic E-state index is 12.8. The molecule has 0 saturated heterocycles. The molecule has 5 rings (SSSR count). The van der Waals surface area contributed by atoms with Crippen molar-refractivity contribution in [1.82, 2.24) is 29.5 Å². The highest BCUT2D eigenvalue weighted by atomic mass is 19.4. The molecule has 0 aliphatic rings. The van der Waals surface area contributed by atoms with Gasteiger partial charge in [-0.1, -0.05) is 0 Å². The molecule has 0 aromatic carbocycles. The third-order valence-electron chi connectivity index (χ3n) is 5.27. The van der Waals surface area contributed by atoms with Crippen molar-refractivity contribution in [2.24, 2.45) is 0 Å². The fourth-order valence-corrected chi connectivity index (χ4v) is 3.45. The number of fused-ring (bicyclic) bond motifs is 2. The highest BCUT2D eigenvalue weighted by Crippen LogP contribution is 2.30. The van der Waals surface area contributed by atoms with Gasteiger partial charge in [-0.25, -0.2) is 9.50 Å². The molecule has 0 radical (unpaired) electrons. The molecule has 1 unspecified atom stereocenters. The molecule has 5 heterocycles. The number of hydrogen-bond acceptors (Lipinski definition) is 6. The van der Waals surface area contributed by atoms with E-state index in [1.807, 2.05) is 6.07 Å². The SMILES string of the molecule is CC(Nc1ncc2c(-c3ccn4ncc(C(=O)Nc5cccnc5)c4c3)c[nH]c2n1)C(F)(F)F. The average molecular weight is 466 g/mol. The van der Waals surface area contributed by atoms with E-state index in [9.17, 15) is 18.0 Å². The second kappa shape index (κ2) is 8.14. The number of amides is 1. The Hall–Kier alpha value is -4.48. The molecular formula is C22H17F3N8O. The number of aromatic amines is 1. The predicted molar refractivity (Wildman–Crippen MR) is 119 cm³/mol. The molecule has 12 heteroatoms. The van der Waals surface area contributed by atoms with Crippen LogP contribution in [-0.4, -0.2) is 47.7 Å². The van der Waals surface area contributed by atoms with E-state index in [-0.39, 0.29) is 11.9 Å². The van der Waals surface area contributed by atoms with E-state index in [4.69, 9.17) is 0 Å². The van der Waals surface area contributed by atoms with E-state index in [1.165, 1.54) is 12.4 Å². The van der Waals surface area contributed by atoms with E-state index < -0.39 is 12.2 Å². The second-order valence-electron chi connectivity index (χ2n) is 7.57. The first-order valence-electron chi connectivity index (χ1n) is 10.2. The van der Waals surface area contributed by atoms with Crippen LogP contribution in [0.25, 0.3) is 27.7 Å². The predicted octanol–water partition coefficient (Wildman–Crippen LogP) is 4.28. The van der Waals surface area contributed by atoms with Crippen molar-refractivity contribution >= 4 is 34.1 Å². The Kier molecular flexibility index (Phi) is 5.11. The number of hydrogen-bond donors (Lipinski definition) is 3. The number of alkyl halides is 3. The van der Waals surface area contributed by atoms with E-state index >= 15 is 0 Å². The first kappa shape index (κ1) is 21.4. The Balaban J connectivity index is 1.46. The lowest BCUT2D eigenvalue weighted by molar-refractivity contribution is -0.138. The van der Waals surface area contributed by atoms with Gasteiger partial charge in [-0.05, 0) is 36.8 Å². The second-order valence-corrected chi connectivity index (χ2v) is 7.57. The molecule has 0 aliphatic carbocycles. The van der Waals surface area contributed by atoms with Crippen LogP contribution in [0.5, 0.6) is 0 Å². The molecule has 5 aromatic heterocycles. The molecule has 34 heavy (non-hydrogen) atoms. The number of halogens is 3. The number of rotatable bonds is 5. The summed E-state index contributed by atoms with van der Waals surface area (Å²) >= 11 is 0. The molecule has 5 aromatic rings. The molecule has 0 spiro atoms. The minimum Gasteiger partial charge on any atom is -0.345 e. The van der Waals surface area contributed by atoms with Gasteiger partial charge in [0.05, 0.1) is 29.2 Å². The molecule has 0 saturated carbocycles. The van der Waals surface area contributed by atoms with Gasteiger partial charge in [-0.2, -0.15) is 23.3 Å². The standard InChI is InChI=1S/C22H17F3N8O/c1-12(22(23,24)25)30-21-28-10-16-15(9-27-19(16)32-21)13-4-6-33-18(7-13)17(11-29-33)20(34)31-14-3-2-5-26-8-14/h2-12H,1H3,(H,31,34)(H2,27,28,30,32). The van der Waals surface area contributed by atoms with Gasteiger partial charge in [0.2, 0.25) is 5.95 Å². The van der Waals surface area contributed by atoms with E-state index in [0.29, 0.717) is 27.8 Å². The number of nitrogens with zero attached hydrogens (tertiary/aromatic N) is 5. The summed E-state index contributed by atoms with van der Waals surface area (Å²) in [5.74, 6) is -0.469. The van der Waals surface area contributed by atoms with Gasteiger partial charge < -0.3 is 15.6 Å². The van der Waals surface area contributed by atoms with Gasteiger partial charge in [0.15, 0.2) is 0 Å². The molecule has 1 atom stereocenters. The van der Waals surface area contributed by atoms with Crippen LogP contribution in [0.4, 0.5) is 24.8 Å². The quantitative estimate of drug-likeness (QED) is 0.356. The zero-order valence-corrected chi connectivity index (χ0v) is 17.6. The summed E-state index contributed by atoms with van der Waals surface area (Å²) in [6.45, 7) is 0.997. The number of nitrogens with one attached hydrogen (secondary N) is 3. The summed E-state index contributed by atoms with van der Waals surface area (Å²) in [5.41, 5.74) is 3.36. The molecule has 0 bridgehead atoms. The molecule has 1 amide bonds. The lowest BCUT2D eigenvalue weighted by Crippen LogP contribution is -2.33. The maximum atomic E-state index is 12.8. The van der Waals surface area contributed by atoms with Crippen LogP contribution in [0, 0.1) is 0 Å². The van der Waals surface area contributed by atoms with Gasteiger partial charge in [-0.15, -0.1) is 0 Å². The zero-order chi connectivity index (χ0) is 23.9. The third kappa shape index (κ3) is 4.00. The fourth-order valence-electron chi connectivity index (χ4n) is 3.45. The highest BCUT2D eigenvalue weighted by molar-refractivity contribution is 6.09. The number of pyridine rings is 2. The minimum absolute atomic E-state index is 0.133. The van der Waals surface area contributed by atoms with Crippen LogP contribution in [0.1, 0.15) is 17.3 Å². The molecule has 3 N–H and O–H groups in total. The molecule has 0 aliphatic heterocycles. The molecule has 0 fully saturated rings. The van der Waals surface area contributed by atoms with Crippen LogP contribution >= 0.6 is 0 Å². The average Bonchev–Trinajstić information content (AvgIpc) is 3.42. The summed E-state index contributed by atoms with van der Waals surface area (Å²) in [5, 5.41) is 9.89. The first-order valence-corrected chi connectivity index (χ1v) is 10.2. The molecule has 9 nitrogen and oxygen atoms in total. The Labute approximate surface area is 190 Å². The van der Waals surface area contributed by atoms with E-state index in [2.05, 4.69) is 35.7 Å². The normalized spacial score (nSPS) is 12.7. The van der Waals surface area contributed by atoms with Gasteiger partial charge in [0, 0.05) is 35.7 Å². The van der Waals surface area contributed by atoms with Crippen molar-refractivity contribution in [3.63, 3.8) is 0 Å². The first-order chi connectivity index (χ1) is 16.3. The van der Waals surface area contributed by atoms with Crippen LogP contribution in [0.15, 0.2) is 61.4 Å². The van der Waals surface area contributed by atoms with Crippen molar-refractivity contribution in [1.29, 1.82) is 0 Å². The highest BCUT2D eigenvalue weighted by Gasteiger charge is 2.36. The zero-order valence-electron chi connectivity index (χ0n) is 17.6. The topological polar surface area (TPSA) is 113 Å². The molecule has 172 valence electrons. The van der Waals surface area contributed by atoms with Crippen molar-refractivity contribution < 1.29 is 18.0 Å². The van der Waals surface area contributed by atoms with Gasteiger partial charge >= 0.3 is 6.18 Å². The van der Waals surface area contributed by atoms with E-state index in [0.717, 1.165) is 18.1 Å². The summed E-state index contributed by atoms with van der Waals surface area (Å²) in [6.07, 6.45) is 5.07. The lowest BCUT2D eigenvalue weighted by atomic mass is 10.1. The maximum Gasteiger partial charge on any atom is 0.408 e. The number of aromatic nitrogens is 6. The summed E-state index contributed by atoms with van der Waals surface area (Å²) in [4.78, 5) is 27.9. The number of anilines is 2. The van der Waals surface area contributed by atoms with Gasteiger partial charge in [0.1, 0.15) is 11.7 Å². The van der Waals surface area contributed by atoms with Gasteiger partial charge in [0.25, 0.3) is 5.91 Å². The summed E-state index contributed by atoms with van der Waals surface area (Å²) in [7, 11) is 0. The van der Waals surface area contributed by atoms with Crippen LogP contribution in [0.2, 0.25) is 0 Å². The Morgan fingerprint density at radius 2 is 2.06 bits per heavy atom. The van der Waals surface area contributed by atoms with E-state index in [1.54, 1.807) is 47.5 Å². The largest absolute Gasteiger partial charge is 0.408 e. The van der Waals surface area contributed by atoms with Crippen molar-refractivity contribution in [3.05, 3.63) is 67.0 Å². The fraction of sp³-hybridized carbons (Fsp3) is 0.136. The Morgan fingerprint density at radius 1 is 1.21 bits per heavy atom. The smallest absolute Gasteiger partial charge is 0.345 e. The van der Waals surface area contributed by atoms with Gasteiger partial charge in [-0.3, -0.25) is 9.78 Å². The number of carbonyl (C=O) groups excluding carboxylic acids is 1. The van der Waals surface area contributed by atoms with Crippen molar-refractivity contribution in [3.8, 4) is 11.1 Å². The monoisotopic (exact) mass is 466 g/mol. The van der Waals surface area contributed by atoms with Crippen molar-refractivity contribution in [2.45, 2.75) is 19.1 Å². The minimum atomic E-state index is -4.42. The lowest BCUT2D eigenvalue weighted by Gasteiger charge is -2.16. The van der Waals surface area contributed by atoms with Crippen LogP contribution in [0.3, 0.4) is 0 Å². The summed E-state index contributed by atoms with van der Waals surface area (Å²) < 4.78 is 40.0. The Bertz CT molecular complexity index is 1490. The van der Waals surface area contributed by atoms with Crippen molar-refractivity contribution in [2.75, 3.05) is 10.6 Å². The summed E-state index contributed by atoms with van der Waals surface area (Å²) in [6, 6.07) is 5.26. The Morgan fingerprint density at radius 3 is 2.82 bits per heavy atom. The number of H-pyrrole nitrogens is 1. The van der Waals surface area contributed by atoms with Crippen LogP contribution < -0.4 is 10.6 Å².